The van der Waals surface area contributed by atoms with Crippen molar-refractivity contribution in [1.29, 1.82) is 0 Å². The first kappa shape index (κ1) is 22.2. The number of para-hydroxylation sites is 1. The second kappa shape index (κ2) is 8.96. The van der Waals surface area contributed by atoms with Crippen LogP contribution in [0.2, 0.25) is 0 Å². The van der Waals surface area contributed by atoms with Crippen LogP contribution in [0.15, 0.2) is 64.8 Å². The Kier molecular flexibility index (Phi) is 6.03. The third kappa shape index (κ3) is 3.98. The van der Waals surface area contributed by atoms with Gasteiger partial charge in [0.15, 0.2) is 5.16 Å². The second-order valence-corrected chi connectivity index (χ2v) is 11.0. The van der Waals surface area contributed by atoms with Gasteiger partial charge in [-0.15, -0.1) is 0 Å². The molecular weight excluding hydrogens is 456 g/mol. The van der Waals surface area contributed by atoms with E-state index in [0.29, 0.717) is 30.2 Å². The number of imidazole rings is 1. The van der Waals surface area contributed by atoms with E-state index in [4.69, 9.17) is 0 Å². The molecule has 2 aliphatic heterocycles. The van der Waals surface area contributed by atoms with E-state index in [1.54, 1.807) is 33.6 Å². The molecule has 33 heavy (non-hydrogen) atoms. The molecule has 1 saturated heterocycles. The lowest BCUT2D eigenvalue weighted by Gasteiger charge is -2.30. The van der Waals surface area contributed by atoms with Crippen LogP contribution in [0.1, 0.15) is 35.3 Å². The SMILES string of the molecule is CSc1ncc(C(=O)N2CCCc3cc(S(=O)(=O)N4CCCC4)ccc32)n1-c1ccccc1. The first-order valence-corrected chi connectivity index (χ1v) is 13.8. The summed E-state index contributed by atoms with van der Waals surface area (Å²) in [6.07, 6.45) is 6.90. The van der Waals surface area contributed by atoms with Crippen molar-refractivity contribution in [2.75, 3.05) is 30.8 Å². The van der Waals surface area contributed by atoms with Crippen molar-refractivity contribution in [3.63, 3.8) is 0 Å². The molecular formula is C24H26N4O3S2. The summed E-state index contributed by atoms with van der Waals surface area (Å²) in [5, 5.41) is 0.744. The van der Waals surface area contributed by atoms with Crippen LogP contribution in [-0.4, -0.2) is 54.1 Å². The lowest BCUT2D eigenvalue weighted by molar-refractivity contribution is 0.0978. The zero-order chi connectivity index (χ0) is 23.0. The Morgan fingerprint density at radius 1 is 1.00 bits per heavy atom. The number of rotatable bonds is 5. The molecule has 3 aromatic rings. The maximum absolute atomic E-state index is 13.7. The molecule has 0 N–H and O–H groups in total. The van der Waals surface area contributed by atoms with Crippen molar-refractivity contribution in [1.82, 2.24) is 13.9 Å². The number of carbonyl (C=O) groups excluding carboxylic acids is 1. The number of benzene rings is 2. The van der Waals surface area contributed by atoms with E-state index in [-0.39, 0.29) is 5.91 Å². The first-order chi connectivity index (χ1) is 16.0. The average Bonchev–Trinajstić information content (AvgIpc) is 3.54. The molecule has 0 unspecified atom stereocenters. The minimum Gasteiger partial charge on any atom is -0.307 e. The van der Waals surface area contributed by atoms with Gasteiger partial charge in [-0.25, -0.2) is 13.4 Å². The van der Waals surface area contributed by atoms with E-state index in [9.17, 15) is 13.2 Å². The van der Waals surface area contributed by atoms with Crippen molar-refractivity contribution in [3.05, 3.63) is 66.0 Å². The Morgan fingerprint density at radius 2 is 1.76 bits per heavy atom. The highest BCUT2D eigenvalue weighted by molar-refractivity contribution is 7.98. The van der Waals surface area contributed by atoms with Gasteiger partial charge in [0.05, 0.1) is 11.1 Å². The van der Waals surface area contributed by atoms with Gasteiger partial charge in [-0.05, 0) is 67.8 Å². The predicted molar refractivity (Wildman–Crippen MR) is 130 cm³/mol. The molecule has 1 aromatic heterocycles. The average molecular weight is 483 g/mol. The molecule has 7 nitrogen and oxygen atoms in total. The highest BCUT2D eigenvalue weighted by atomic mass is 32.2. The molecule has 1 fully saturated rings. The summed E-state index contributed by atoms with van der Waals surface area (Å²) in [6.45, 7) is 1.73. The third-order valence-electron chi connectivity index (χ3n) is 6.26. The second-order valence-electron chi connectivity index (χ2n) is 8.26. The van der Waals surface area contributed by atoms with Gasteiger partial charge in [0, 0.05) is 31.0 Å². The van der Waals surface area contributed by atoms with Crippen LogP contribution in [-0.2, 0) is 16.4 Å². The van der Waals surface area contributed by atoms with E-state index in [1.165, 1.54) is 11.8 Å². The number of aryl methyl sites for hydroxylation is 1. The van der Waals surface area contributed by atoms with Crippen molar-refractivity contribution in [2.24, 2.45) is 0 Å². The summed E-state index contributed by atoms with van der Waals surface area (Å²) < 4.78 is 29.5. The monoisotopic (exact) mass is 482 g/mol. The van der Waals surface area contributed by atoms with Gasteiger partial charge in [-0.2, -0.15) is 4.31 Å². The number of amides is 1. The number of aromatic nitrogens is 2. The van der Waals surface area contributed by atoms with Gasteiger partial charge < -0.3 is 4.90 Å². The van der Waals surface area contributed by atoms with Gasteiger partial charge in [0.2, 0.25) is 10.0 Å². The Balaban J connectivity index is 1.51. The number of anilines is 1. The molecule has 2 aliphatic rings. The summed E-state index contributed by atoms with van der Waals surface area (Å²) >= 11 is 1.49. The van der Waals surface area contributed by atoms with Crippen LogP contribution in [0.25, 0.3) is 5.69 Å². The topological polar surface area (TPSA) is 75.5 Å². The molecule has 0 bridgehead atoms. The van der Waals surface area contributed by atoms with E-state index >= 15 is 0 Å². The van der Waals surface area contributed by atoms with Crippen molar-refractivity contribution in [2.45, 2.75) is 35.7 Å². The summed E-state index contributed by atoms with van der Waals surface area (Å²) in [5.74, 6) is -0.136. The number of hydrogen-bond donors (Lipinski definition) is 0. The van der Waals surface area contributed by atoms with Gasteiger partial charge in [0.25, 0.3) is 5.91 Å². The van der Waals surface area contributed by atoms with E-state index in [2.05, 4.69) is 4.98 Å². The number of fused-ring (bicyclic) bond motifs is 1. The van der Waals surface area contributed by atoms with Gasteiger partial charge in [-0.3, -0.25) is 9.36 Å². The number of carbonyl (C=O) groups is 1. The molecule has 0 saturated carbocycles. The molecule has 0 radical (unpaired) electrons. The lowest BCUT2D eigenvalue weighted by Crippen LogP contribution is -2.37. The van der Waals surface area contributed by atoms with Crippen LogP contribution in [0.3, 0.4) is 0 Å². The van der Waals surface area contributed by atoms with Crippen LogP contribution in [0, 0.1) is 0 Å². The van der Waals surface area contributed by atoms with Crippen LogP contribution >= 0.6 is 11.8 Å². The zero-order valence-electron chi connectivity index (χ0n) is 18.5. The summed E-state index contributed by atoms with van der Waals surface area (Å²) in [5.41, 5.74) is 3.04. The van der Waals surface area contributed by atoms with Crippen LogP contribution in [0.5, 0.6) is 0 Å². The predicted octanol–water partition coefficient (Wildman–Crippen LogP) is 3.97. The van der Waals surface area contributed by atoms with E-state index < -0.39 is 10.0 Å². The van der Waals surface area contributed by atoms with Crippen molar-refractivity contribution in [3.8, 4) is 5.69 Å². The molecule has 3 heterocycles. The third-order valence-corrected chi connectivity index (χ3v) is 8.81. The fourth-order valence-electron chi connectivity index (χ4n) is 4.62. The number of sulfonamides is 1. The Bertz CT molecular complexity index is 1280. The maximum Gasteiger partial charge on any atom is 0.276 e. The van der Waals surface area contributed by atoms with Gasteiger partial charge >= 0.3 is 0 Å². The maximum atomic E-state index is 13.7. The van der Waals surface area contributed by atoms with Gasteiger partial charge in [0.1, 0.15) is 5.69 Å². The Labute approximate surface area is 198 Å². The zero-order valence-corrected chi connectivity index (χ0v) is 20.1. The normalized spacial score (nSPS) is 16.7. The highest BCUT2D eigenvalue weighted by Crippen LogP contribution is 2.33. The minimum atomic E-state index is -3.49. The van der Waals surface area contributed by atoms with Crippen molar-refractivity contribution < 1.29 is 13.2 Å². The highest BCUT2D eigenvalue weighted by Gasteiger charge is 2.31. The Hall–Kier alpha value is -2.62. The van der Waals surface area contributed by atoms with Crippen LogP contribution < -0.4 is 4.90 Å². The lowest BCUT2D eigenvalue weighted by atomic mass is 10.0. The number of nitrogens with zero attached hydrogens (tertiary/aromatic N) is 4. The number of hydrogen-bond acceptors (Lipinski definition) is 5. The van der Waals surface area contributed by atoms with Crippen LogP contribution in [0.4, 0.5) is 5.69 Å². The molecule has 0 aliphatic carbocycles. The standard InChI is InChI=1S/C24H26N4O3S2/c1-32-24-25-17-22(28(24)19-9-3-2-4-10-19)23(29)27-15-7-8-18-16-20(11-12-21(18)27)33(30,31)26-13-5-6-14-26/h2-4,9-12,16-17H,5-8,13-15H2,1H3. The molecule has 2 aromatic carbocycles. The van der Waals surface area contributed by atoms with Gasteiger partial charge in [-0.1, -0.05) is 30.0 Å². The molecule has 1 amide bonds. The fraction of sp³-hybridized carbons (Fsp3) is 0.333. The number of thioether (sulfide) groups is 1. The fourth-order valence-corrected chi connectivity index (χ4v) is 6.73. The van der Waals surface area contributed by atoms with E-state index in [1.807, 2.05) is 41.2 Å². The molecule has 9 heteroatoms. The summed E-state index contributed by atoms with van der Waals surface area (Å²) in [4.78, 5) is 20.2. The largest absolute Gasteiger partial charge is 0.307 e. The summed E-state index contributed by atoms with van der Waals surface area (Å²) in [7, 11) is -3.49. The molecule has 0 spiro atoms. The van der Waals surface area contributed by atoms with E-state index in [0.717, 1.165) is 47.8 Å². The molecule has 0 atom stereocenters. The minimum absolute atomic E-state index is 0.136. The summed E-state index contributed by atoms with van der Waals surface area (Å²) in [6, 6.07) is 14.9. The molecule has 172 valence electrons. The quantitative estimate of drug-likeness (QED) is 0.515. The first-order valence-electron chi connectivity index (χ1n) is 11.1. The Morgan fingerprint density at radius 3 is 2.48 bits per heavy atom. The van der Waals surface area contributed by atoms with Crippen molar-refractivity contribution >= 4 is 33.4 Å². The molecule has 5 rings (SSSR count). The smallest absolute Gasteiger partial charge is 0.276 e.